The lowest BCUT2D eigenvalue weighted by atomic mass is 10.1. The molecule has 3 rings (SSSR count). The largest absolute Gasteiger partial charge is 0.342 e. The first-order valence-electron chi connectivity index (χ1n) is 7.38. The molecule has 2 saturated heterocycles. The minimum Gasteiger partial charge on any atom is -0.342 e. The van der Waals surface area contributed by atoms with Crippen molar-refractivity contribution >= 4 is 32.7 Å². The van der Waals surface area contributed by atoms with Gasteiger partial charge in [-0.2, -0.15) is 4.99 Å². The van der Waals surface area contributed by atoms with Crippen LogP contribution in [0.25, 0.3) is 0 Å². The van der Waals surface area contributed by atoms with Gasteiger partial charge in [0.1, 0.15) is 0 Å². The number of benzene rings is 1. The van der Waals surface area contributed by atoms with E-state index in [1.165, 1.54) is 11.8 Å². The van der Waals surface area contributed by atoms with Crippen molar-refractivity contribution in [1.29, 1.82) is 0 Å². The first-order valence-corrected chi connectivity index (χ1v) is 10.1. The SMILES string of the molecule is C=CCN1C(=NC(=O)Cc2ccccc2)S[C@H]2CS(=O)(=O)C[C@@H]21. The molecule has 0 bridgehead atoms. The van der Waals surface area contributed by atoms with Crippen LogP contribution in [0, 0.1) is 0 Å². The maximum atomic E-state index is 12.2. The standard InChI is InChI=1S/C16H18N2O3S2/c1-2-8-18-13-10-23(20,21)11-14(13)22-16(18)17-15(19)9-12-6-4-3-5-7-12/h2-7,13-14H,1,8-11H2/t13-,14-/m0/s1. The second-order valence-electron chi connectivity index (χ2n) is 5.69. The Morgan fingerprint density at radius 2 is 2.09 bits per heavy atom. The van der Waals surface area contributed by atoms with Gasteiger partial charge in [0, 0.05) is 11.8 Å². The normalized spacial score (nSPS) is 27.1. The molecule has 7 heteroatoms. The van der Waals surface area contributed by atoms with Gasteiger partial charge in [0.05, 0.1) is 24.0 Å². The van der Waals surface area contributed by atoms with Gasteiger partial charge in [-0.25, -0.2) is 8.42 Å². The monoisotopic (exact) mass is 350 g/mol. The Labute approximate surface area is 140 Å². The van der Waals surface area contributed by atoms with Crippen LogP contribution in [0.4, 0.5) is 0 Å². The van der Waals surface area contributed by atoms with Crippen LogP contribution in [-0.2, 0) is 21.1 Å². The lowest BCUT2D eigenvalue weighted by Gasteiger charge is -2.22. The number of hydrogen-bond donors (Lipinski definition) is 0. The van der Waals surface area contributed by atoms with E-state index in [0.717, 1.165) is 5.56 Å². The van der Waals surface area contributed by atoms with E-state index < -0.39 is 9.84 Å². The van der Waals surface area contributed by atoms with Gasteiger partial charge in [-0.3, -0.25) is 4.79 Å². The highest BCUT2D eigenvalue weighted by atomic mass is 32.2. The van der Waals surface area contributed by atoms with Crippen LogP contribution in [-0.4, -0.2) is 53.7 Å². The molecule has 0 unspecified atom stereocenters. The van der Waals surface area contributed by atoms with E-state index in [9.17, 15) is 13.2 Å². The molecule has 1 aromatic rings. The molecule has 2 atom stereocenters. The predicted molar refractivity (Wildman–Crippen MR) is 93.3 cm³/mol. The maximum Gasteiger partial charge on any atom is 0.252 e. The lowest BCUT2D eigenvalue weighted by Crippen LogP contribution is -2.37. The van der Waals surface area contributed by atoms with Crippen molar-refractivity contribution in [3.8, 4) is 0 Å². The Morgan fingerprint density at radius 1 is 1.35 bits per heavy atom. The number of carbonyl (C=O) groups is 1. The van der Waals surface area contributed by atoms with Crippen molar-refractivity contribution in [1.82, 2.24) is 4.90 Å². The highest BCUT2D eigenvalue weighted by molar-refractivity contribution is 8.15. The summed E-state index contributed by atoms with van der Waals surface area (Å²) in [7, 11) is -2.99. The third-order valence-electron chi connectivity index (χ3n) is 3.92. The molecule has 1 amide bonds. The summed E-state index contributed by atoms with van der Waals surface area (Å²) in [5.41, 5.74) is 0.919. The van der Waals surface area contributed by atoms with Crippen LogP contribution in [0.3, 0.4) is 0 Å². The summed E-state index contributed by atoms with van der Waals surface area (Å²) in [6.07, 6.45) is 1.96. The number of fused-ring (bicyclic) bond motifs is 1. The van der Waals surface area contributed by atoms with E-state index in [2.05, 4.69) is 11.6 Å². The minimum absolute atomic E-state index is 0.0387. The number of amides is 1. The van der Waals surface area contributed by atoms with Crippen molar-refractivity contribution in [2.75, 3.05) is 18.1 Å². The fourth-order valence-electron chi connectivity index (χ4n) is 2.90. The molecule has 2 aliphatic heterocycles. The van der Waals surface area contributed by atoms with Gasteiger partial charge < -0.3 is 4.90 Å². The summed E-state index contributed by atoms with van der Waals surface area (Å²) < 4.78 is 23.6. The minimum atomic E-state index is -2.99. The van der Waals surface area contributed by atoms with Gasteiger partial charge in [0.15, 0.2) is 15.0 Å². The summed E-state index contributed by atoms with van der Waals surface area (Å²) in [6.45, 7) is 4.22. The van der Waals surface area contributed by atoms with Gasteiger partial charge in [0.25, 0.3) is 5.91 Å². The summed E-state index contributed by atoms with van der Waals surface area (Å²) in [5.74, 6) is 0.0716. The zero-order valence-corrected chi connectivity index (χ0v) is 14.2. The summed E-state index contributed by atoms with van der Waals surface area (Å²) in [5, 5.41) is 0.582. The highest BCUT2D eigenvalue weighted by Gasteiger charge is 2.48. The molecule has 122 valence electrons. The van der Waals surface area contributed by atoms with Crippen LogP contribution < -0.4 is 0 Å². The van der Waals surface area contributed by atoms with E-state index in [-0.39, 0.29) is 35.1 Å². The van der Waals surface area contributed by atoms with Crippen molar-refractivity contribution in [2.24, 2.45) is 4.99 Å². The quantitative estimate of drug-likeness (QED) is 0.770. The highest BCUT2D eigenvalue weighted by Crippen LogP contribution is 2.37. The van der Waals surface area contributed by atoms with E-state index in [4.69, 9.17) is 0 Å². The summed E-state index contributed by atoms with van der Waals surface area (Å²) in [4.78, 5) is 18.3. The number of sulfone groups is 1. The molecule has 0 aromatic heterocycles. The number of thioether (sulfide) groups is 1. The maximum absolute atomic E-state index is 12.2. The number of hydrogen-bond acceptors (Lipinski definition) is 4. The van der Waals surface area contributed by atoms with Crippen molar-refractivity contribution in [3.63, 3.8) is 0 Å². The van der Waals surface area contributed by atoms with Crippen LogP contribution >= 0.6 is 11.8 Å². The second kappa shape index (κ2) is 6.49. The van der Waals surface area contributed by atoms with Gasteiger partial charge in [-0.15, -0.1) is 6.58 Å². The van der Waals surface area contributed by atoms with Crippen LogP contribution in [0.15, 0.2) is 48.0 Å². The molecule has 0 saturated carbocycles. The van der Waals surface area contributed by atoms with Crippen LogP contribution in [0.2, 0.25) is 0 Å². The Morgan fingerprint density at radius 3 is 2.78 bits per heavy atom. The van der Waals surface area contributed by atoms with Crippen molar-refractivity contribution in [3.05, 3.63) is 48.6 Å². The molecule has 2 fully saturated rings. The zero-order chi connectivity index (χ0) is 16.4. The number of rotatable bonds is 4. The Kier molecular flexibility index (Phi) is 4.59. The fourth-order valence-corrected chi connectivity index (χ4v) is 6.88. The first-order chi connectivity index (χ1) is 11.0. The average molecular weight is 350 g/mol. The van der Waals surface area contributed by atoms with Crippen molar-refractivity contribution < 1.29 is 13.2 Å². The number of aliphatic imine (C=N–C) groups is 1. The Bertz CT molecular complexity index is 744. The molecule has 0 spiro atoms. The average Bonchev–Trinajstić information content (AvgIpc) is 2.93. The Hall–Kier alpha value is -1.60. The molecule has 0 radical (unpaired) electrons. The number of nitrogens with zero attached hydrogens (tertiary/aromatic N) is 2. The molecular formula is C16H18N2O3S2. The first kappa shape index (κ1) is 16.3. The molecule has 2 heterocycles. The smallest absolute Gasteiger partial charge is 0.252 e. The van der Waals surface area contributed by atoms with Gasteiger partial charge >= 0.3 is 0 Å². The topological polar surface area (TPSA) is 66.8 Å². The Balaban J connectivity index is 1.76. The van der Waals surface area contributed by atoms with Gasteiger partial charge in [-0.05, 0) is 5.56 Å². The molecule has 0 N–H and O–H groups in total. The summed E-state index contributed by atoms with van der Waals surface area (Å²) >= 11 is 1.40. The molecule has 1 aromatic carbocycles. The molecule has 2 aliphatic rings. The number of carbonyl (C=O) groups excluding carboxylic acids is 1. The number of amidine groups is 1. The summed E-state index contributed by atoms with van der Waals surface area (Å²) in [6, 6.07) is 9.36. The van der Waals surface area contributed by atoms with E-state index >= 15 is 0 Å². The van der Waals surface area contributed by atoms with E-state index in [1.807, 2.05) is 35.2 Å². The van der Waals surface area contributed by atoms with Crippen LogP contribution in [0.1, 0.15) is 5.56 Å². The zero-order valence-electron chi connectivity index (χ0n) is 12.6. The second-order valence-corrected chi connectivity index (χ2v) is 9.05. The van der Waals surface area contributed by atoms with Gasteiger partial charge in [0.2, 0.25) is 0 Å². The van der Waals surface area contributed by atoms with Crippen LogP contribution in [0.5, 0.6) is 0 Å². The third-order valence-corrected chi connectivity index (χ3v) is 7.17. The van der Waals surface area contributed by atoms with E-state index in [1.54, 1.807) is 6.08 Å². The molecular weight excluding hydrogens is 332 g/mol. The molecule has 23 heavy (non-hydrogen) atoms. The van der Waals surface area contributed by atoms with E-state index in [0.29, 0.717) is 11.7 Å². The fraction of sp³-hybridized carbons (Fsp3) is 0.375. The lowest BCUT2D eigenvalue weighted by molar-refractivity contribution is -0.117. The third kappa shape index (κ3) is 3.67. The van der Waals surface area contributed by atoms with Gasteiger partial charge in [-0.1, -0.05) is 48.2 Å². The molecule has 5 nitrogen and oxygen atoms in total. The van der Waals surface area contributed by atoms with Crippen molar-refractivity contribution in [2.45, 2.75) is 17.7 Å². The predicted octanol–water partition coefficient (Wildman–Crippen LogP) is 1.51. The molecule has 0 aliphatic carbocycles.